The van der Waals surface area contributed by atoms with Crippen LogP contribution in [0.15, 0.2) is 78.9 Å². The third-order valence-corrected chi connectivity index (χ3v) is 8.10. The molecular formula is C32H35N3O2. The molecule has 1 saturated carbocycles. The van der Waals surface area contributed by atoms with Crippen LogP contribution < -0.4 is 9.64 Å². The van der Waals surface area contributed by atoms with Gasteiger partial charge in [-0.15, -0.1) is 0 Å². The van der Waals surface area contributed by atoms with E-state index in [9.17, 15) is 10.1 Å². The van der Waals surface area contributed by atoms with Gasteiger partial charge in [-0.3, -0.25) is 9.69 Å². The molecule has 1 saturated heterocycles. The quantitative estimate of drug-likeness (QED) is 0.398. The highest BCUT2D eigenvalue weighted by atomic mass is 16.5. The Hall–Kier alpha value is -3.62. The number of rotatable bonds is 6. The van der Waals surface area contributed by atoms with Crippen molar-refractivity contribution in [3.05, 3.63) is 95.6 Å². The Bertz CT molecular complexity index is 1230. The van der Waals surface area contributed by atoms with Gasteiger partial charge >= 0.3 is 0 Å². The minimum atomic E-state index is -0.0315. The number of carbonyl (C=O) groups excluding carboxylic acids is 1. The molecule has 0 radical (unpaired) electrons. The fraction of sp³-hybridized carbons (Fsp3) is 0.375. The zero-order chi connectivity index (χ0) is 25.6. The third-order valence-electron chi connectivity index (χ3n) is 8.10. The summed E-state index contributed by atoms with van der Waals surface area (Å²) in [6, 6.07) is 28.5. The summed E-state index contributed by atoms with van der Waals surface area (Å²) in [5.41, 5.74) is 3.47. The van der Waals surface area contributed by atoms with Gasteiger partial charge < -0.3 is 9.64 Å². The lowest BCUT2D eigenvalue weighted by atomic mass is 9.78. The summed E-state index contributed by atoms with van der Waals surface area (Å²) in [5, 5.41) is 9.18. The molecule has 0 N–H and O–H groups in total. The summed E-state index contributed by atoms with van der Waals surface area (Å²) in [6.45, 7) is 1.97. The number of hydrogen-bond acceptors (Lipinski definition) is 4. The number of piperidine rings is 1. The van der Waals surface area contributed by atoms with E-state index in [0.717, 1.165) is 37.4 Å². The summed E-state index contributed by atoms with van der Waals surface area (Å²) in [4.78, 5) is 18.5. The average molecular weight is 494 g/mol. The van der Waals surface area contributed by atoms with Crippen LogP contribution in [-0.2, 0) is 0 Å². The number of ether oxygens (including phenoxy) is 1. The van der Waals surface area contributed by atoms with E-state index in [-0.39, 0.29) is 11.9 Å². The number of hydrogen-bond donors (Lipinski definition) is 0. The molecule has 1 amide bonds. The Morgan fingerprint density at radius 1 is 0.919 bits per heavy atom. The third kappa shape index (κ3) is 5.55. The molecule has 2 fully saturated rings. The molecule has 0 aromatic heterocycles. The second-order valence-corrected chi connectivity index (χ2v) is 10.2. The number of benzene rings is 3. The van der Waals surface area contributed by atoms with Crippen LogP contribution in [0.5, 0.6) is 5.75 Å². The lowest BCUT2D eigenvalue weighted by Gasteiger charge is -2.45. The SMILES string of the molecule is COc1cccc(N(C(=O)c2ccc(C#N)cc2)C2CCN(C3CCCCC3c3ccccc3)CC2)c1. The zero-order valence-corrected chi connectivity index (χ0v) is 21.6. The van der Waals surface area contributed by atoms with E-state index in [1.165, 1.54) is 31.2 Å². The normalized spacial score (nSPS) is 20.6. The summed E-state index contributed by atoms with van der Waals surface area (Å²) in [5.74, 6) is 1.29. The van der Waals surface area contributed by atoms with Crippen LogP contribution in [0.1, 0.15) is 65.9 Å². The van der Waals surface area contributed by atoms with Gasteiger partial charge in [-0.25, -0.2) is 0 Å². The molecule has 5 nitrogen and oxygen atoms in total. The topological polar surface area (TPSA) is 56.6 Å². The van der Waals surface area contributed by atoms with Crippen LogP contribution >= 0.6 is 0 Å². The Balaban J connectivity index is 1.37. The fourth-order valence-electron chi connectivity index (χ4n) is 6.19. The maximum atomic E-state index is 13.9. The highest BCUT2D eigenvalue weighted by Crippen LogP contribution is 2.38. The second kappa shape index (κ2) is 11.6. The average Bonchev–Trinajstić information content (AvgIpc) is 2.98. The number of likely N-dealkylation sites (tertiary alicyclic amines) is 1. The smallest absolute Gasteiger partial charge is 0.258 e. The molecule has 37 heavy (non-hydrogen) atoms. The molecule has 5 heteroatoms. The van der Waals surface area contributed by atoms with Gasteiger partial charge in [-0.1, -0.05) is 49.2 Å². The van der Waals surface area contributed by atoms with Gasteiger partial charge in [-0.2, -0.15) is 5.26 Å². The molecule has 0 bridgehead atoms. The second-order valence-electron chi connectivity index (χ2n) is 10.2. The standard InChI is InChI=1S/C32H35N3O2/c1-37-29-11-7-10-28(22-29)35(32(36)26-16-14-24(23-33)15-17-26)27-18-20-34(21-19-27)31-13-6-5-12-30(31)25-8-3-2-4-9-25/h2-4,7-11,14-17,22,27,30-31H,5-6,12-13,18-21H2,1H3. The first-order valence-electron chi connectivity index (χ1n) is 13.4. The van der Waals surface area contributed by atoms with E-state index in [2.05, 4.69) is 41.3 Å². The molecule has 3 aromatic rings. The summed E-state index contributed by atoms with van der Waals surface area (Å²) < 4.78 is 5.48. The van der Waals surface area contributed by atoms with Gasteiger partial charge in [0.2, 0.25) is 0 Å². The van der Waals surface area contributed by atoms with E-state index < -0.39 is 0 Å². The van der Waals surface area contributed by atoms with Gasteiger partial charge in [0, 0.05) is 42.5 Å². The van der Waals surface area contributed by atoms with Crippen LogP contribution in [0.25, 0.3) is 0 Å². The molecule has 2 atom stereocenters. The molecule has 190 valence electrons. The van der Waals surface area contributed by atoms with Crippen molar-refractivity contribution in [1.82, 2.24) is 4.90 Å². The number of carbonyl (C=O) groups is 1. The van der Waals surface area contributed by atoms with E-state index in [0.29, 0.717) is 23.1 Å². The number of nitrogens with zero attached hydrogens (tertiary/aromatic N) is 3. The highest BCUT2D eigenvalue weighted by molar-refractivity contribution is 6.06. The summed E-state index contributed by atoms with van der Waals surface area (Å²) in [6.07, 6.45) is 6.94. The van der Waals surface area contributed by atoms with Crippen molar-refractivity contribution >= 4 is 11.6 Å². The predicted octanol–water partition coefficient (Wildman–Crippen LogP) is 6.40. The molecule has 1 heterocycles. The number of anilines is 1. The van der Waals surface area contributed by atoms with Crippen LogP contribution in [0.3, 0.4) is 0 Å². The highest BCUT2D eigenvalue weighted by Gasteiger charge is 2.36. The van der Waals surface area contributed by atoms with Gasteiger partial charge in [0.15, 0.2) is 0 Å². The molecule has 1 aliphatic carbocycles. The molecular weight excluding hydrogens is 458 g/mol. The Morgan fingerprint density at radius 3 is 2.35 bits per heavy atom. The Morgan fingerprint density at radius 2 is 1.65 bits per heavy atom. The Kier molecular flexibility index (Phi) is 7.87. The van der Waals surface area contributed by atoms with Crippen molar-refractivity contribution in [1.29, 1.82) is 5.26 Å². The molecule has 3 aromatic carbocycles. The summed E-state index contributed by atoms with van der Waals surface area (Å²) in [7, 11) is 1.65. The first-order chi connectivity index (χ1) is 18.2. The van der Waals surface area contributed by atoms with Gasteiger partial charge in [-0.05, 0) is 73.6 Å². The maximum Gasteiger partial charge on any atom is 0.258 e. The van der Waals surface area contributed by atoms with Crippen molar-refractivity contribution in [3.63, 3.8) is 0 Å². The molecule has 5 rings (SSSR count). The van der Waals surface area contributed by atoms with Crippen molar-refractivity contribution in [2.75, 3.05) is 25.1 Å². The van der Waals surface area contributed by atoms with Crippen LogP contribution in [-0.4, -0.2) is 43.1 Å². The van der Waals surface area contributed by atoms with E-state index in [1.807, 2.05) is 29.2 Å². The number of methoxy groups -OCH3 is 1. The van der Waals surface area contributed by atoms with Crippen molar-refractivity contribution in [3.8, 4) is 11.8 Å². The minimum Gasteiger partial charge on any atom is -0.497 e. The van der Waals surface area contributed by atoms with Crippen LogP contribution in [0.2, 0.25) is 0 Å². The van der Waals surface area contributed by atoms with E-state index in [4.69, 9.17) is 4.74 Å². The predicted molar refractivity (Wildman–Crippen MR) is 147 cm³/mol. The molecule has 2 aliphatic rings. The first-order valence-corrected chi connectivity index (χ1v) is 13.4. The lowest BCUT2D eigenvalue weighted by Crippen LogP contribution is -2.51. The van der Waals surface area contributed by atoms with Crippen LogP contribution in [0, 0.1) is 11.3 Å². The van der Waals surface area contributed by atoms with Crippen molar-refractivity contribution in [2.24, 2.45) is 0 Å². The largest absolute Gasteiger partial charge is 0.497 e. The monoisotopic (exact) mass is 493 g/mol. The van der Waals surface area contributed by atoms with E-state index in [1.54, 1.807) is 31.4 Å². The van der Waals surface area contributed by atoms with Gasteiger partial charge in [0.1, 0.15) is 5.75 Å². The first kappa shape index (κ1) is 25.0. The van der Waals surface area contributed by atoms with Gasteiger partial charge in [0.05, 0.1) is 18.7 Å². The minimum absolute atomic E-state index is 0.0315. The van der Waals surface area contributed by atoms with Crippen LogP contribution in [0.4, 0.5) is 5.69 Å². The van der Waals surface area contributed by atoms with Crippen molar-refractivity contribution < 1.29 is 9.53 Å². The maximum absolute atomic E-state index is 13.9. The lowest BCUT2D eigenvalue weighted by molar-refractivity contribution is 0.0895. The van der Waals surface area contributed by atoms with Crippen molar-refractivity contribution in [2.45, 2.75) is 56.5 Å². The Labute approximate surface area is 220 Å². The molecule has 1 aliphatic heterocycles. The summed E-state index contributed by atoms with van der Waals surface area (Å²) >= 11 is 0. The fourth-order valence-corrected chi connectivity index (χ4v) is 6.19. The van der Waals surface area contributed by atoms with E-state index >= 15 is 0 Å². The molecule has 0 spiro atoms. The number of nitriles is 1. The number of amides is 1. The van der Waals surface area contributed by atoms with Gasteiger partial charge in [0.25, 0.3) is 5.91 Å². The zero-order valence-electron chi connectivity index (χ0n) is 21.6. The molecule has 2 unspecified atom stereocenters.